The van der Waals surface area contributed by atoms with Gasteiger partial charge in [-0.05, 0) is 66.6 Å². The Kier molecular flexibility index (Phi) is 6.45. The van der Waals surface area contributed by atoms with Crippen molar-refractivity contribution in [1.29, 1.82) is 0 Å². The van der Waals surface area contributed by atoms with Gasteiger partial charge in [-0.25, -0.2) is 0 Å². The fourth-order valence-electron chi connectivity index (χ4n) is 3.31. The van der Waals surface area contributed by atoms with Gasteiger partial charge in [0.2, 0.25) is 0 Å². The molecule has 0 fully saturated rings. The van der Waals surface area contributed by atoms with Crippen molar-refractivity contribution in [3.05, 3.63) is 119 Å². The first-order valence-corrected chi connectivity index (χ1v) is 9.80. The van der Waals surface area contributed by atoms with Crippen molar-refractivity contribution in [3.63, 3.8) is 0 Å². The van der Waals surface area contributed by atoms with Crippen LogP contribution in [0.1, 0.15) is 22.3 Å². The summed E-state index contributed by atoms with van der Waals surface area (Å²) in [4.78, 5) is 0. The van der Waals surface area contributed by atoms with Gasteiger partial charge < -0.3 is 0 Å². The summed E-state index contributed by atoms with van der Waals surface area (Å²) in [5, 5.41) is 0. The Hall–Kier alpha value is -3.12. The monoisotopic (exact) mass is 364 g/mol. The molecule has 0 amide bonds. The lowest BCUT2D eigenvalue weighted by molar-refractivity contribution is 1.34. The topological polar surface area (TPSA) is 0 Å². The van der Waals surface area contributed by atoms with Crippen LogP contribution in [0.3, 0.4) is 0 Å². The first-order valence-electron chi connectivity index (χ1n) is 9.80. The zero-order valence-corrected chi connectivity index (χ0v) is 17.2. The molecule has 0 radical (unpaired) electrons. The molecule has 0 atom stereocenters. The highest BCUT2D eigenvalue weighted by molar-refractivity contribution is 5.68. The molecule has 0 spiro atoms. The van der Waals surface area contributed by atoms with Crippen LogP contribution in [0, 0.1) is 27.7 Å². The zero-order valence-electron chi connectivity index (χ0n) is 17.2. The van der Waals surface area contributed by atoms with Crippen molar-refractivity contribution in [1.82, 2.24) is 0 Å². The van der Waals surface area contributed by atoms with Crippen molar-refractivity contribution in [3.8, 4) is 22.3 Å². The van der Waals surface area contributed by atoms with Crippen LogP contribution < -0.4 is 0 Å². The third-order valence-corrected chi connectivity index (χ3v) is 5.20. The Bertz CT molecular complexity index is 1030. The molecular formula is C28H28. The molecule has 0 bridgehead atoms. The number of rotatable bonds is 2. The summed E-state index contributed by atoms with van der Waals surface area (Å²) in [6.45, 7) is 8.59. The first kappa shape index (κ1) is 19.6. The van der Waals surface area contributed by atoms with Gasteiger partial charge in [-0.3, -0.25) is 0 Å². The molecule has 0 aromatic heterocycles. The lowest BCUT2D eigenvalue weighted by atomic mass is 9.97. The molecule has 4 aromatic rings. The smallest absolute Gasteiger partial charge is 0.0152 e. The van der Waals surface area contributed by atoms with Gasteiger partial charge in [0.1, 0.15) is 0 Å². The van der Waals surface area contributed by atoms with E-state index in [0.717, 1.165) is 0 Å². The predicted octanol–water partition coefficient (Wildman–Crippen LogP) is 7.94. The first-order chi connectivity index (χ1) is 13.6. The molecule has 4 rings (SSSR count). The molecule has 0 saturated carbocycles. The van der Waals surface area contributed by atoms with Gasteiger partial charge >= 0.3 is 0 Å². The Morgan fingerprint density at radius 1 is 0.393 bits per heavy atom. The van der Waals surface area contributed by atoms with E-state index in [1.165, 1.54) is 44.5 Å². The van der Waals surface area contributed by atoms with Crippen molar-refractivity contribution >= 4 is 0 Å². The number of hydrogen-bond donors (Lipinski definition) is 0. The Morgan fingerprint density at radius 2 is 0.929 bits per heavy atom. The molecule has 0 saturated heterocycles. The maximum atomic E-state index is 2.18. The van der Waals surface area contributed by atoms with Crippen molar-refractivity contribution < 1.29 is 0 Å². The van der Waals surface area contributed by atoms with Gasteiger partial charge in [0, 0.05) is 0 Å². The van der Waals surface area contributed by atoms with Crippen LogP contribution in [0.2, 0.25) is 0 Å². The molecule has 0 N–H and O–H groups in total. The van der Waals surface area contributed by atoms with Gasteiger partial charge in [0.25, 0.3) is 0 Å². The second-order valence-corrected chi connectivity index (χ2v) is 7.29. The fourth-order valence-corrected chi connectivity index (χ4v) is 3.31. The van der Waals surface area contributed by atoms with Gasteiger partial charge in [-0.1, -0.05) is 103 Å². The Morgan fingerprint density at radius 3 is 1.61 bits per heavy atom. The molecule has 0 aliphatic rings. The molecular weight excluding hydrogens is 336 g/mol. The van der Waals surface area contributed by atoms with Gasteiger partial charge in [-0.15, -0.1) is 0 Å². The van der Waals surface area contributed by atoms with E-state index in [9.17, 15) is 0 Å². The fraction of sp³-hybridized carbons (Fsp3) is 0.143. The average molecular weight is 365 g/mol. The van der Waals surface area contributed by atoms with E-state index in [2.05, 4.69) is 125 Å². The summed E-state index contributed by atoms with van der Waals surface area (Å²) in [5.41, 5.74) is 10.6. The van der Waals surface area contributed by atoms with Crippen LogP contribution in [-0.4, -0.2) is 0 Å². The van der Waals surface area contributed by atoms with Crippen LogP contribution in [0.4, 0.5) is 0 Å². The van der Waals surface area contributed by atoms with Crippen LogP contribution >= 0.6 is 0 Å². The Balaban J connectivity index is 0.000000161. The maximum Gasteiger partial charge on any atom is -0.0152 e. The van der Waals surface area contributed by atoms with E-state index < -0.39 is 0 Å². The highest BCUT2D eigenvalue weighted by atomic mass is 14.1. The van der Waals surface area contributed by atoms with Gasteiger partial charge in [0.05, 0.1) is 0 Å². The molecule has 0 nitrogen and oxygen atoms in total. The standard InChI is InChI=1S/2C14H14/c1-11-7-6-10-14(12(11)2)13-8-4-3-5-9-13;1-11-7-9-13(10-8-11)14-6-4-3-5-12(14)2/h2*3-10H,1-2H3. The van der Waals surface area contributed by atoms with E-state index in [1.54, 1.807) is 0 Å². The van der Waals surface area contributed by atoms with Crippen LogP contribution in [-0.2, 0) is 0 Å². The third-order valence-electron chi connectivity index (χ3n) is 5.20. The third kappa shape index (κ3) is 4.78. The van der Waals surface area contributed by atoms with E-state index in [-0.39, 0.29) is 0 Å². The minimum absolute atomic E-state index is 1.30. The molecule has 0 aliphatic carbocycles. The summed E-state index contributed by atoms with van der Waals surface area (Å²) in [6.07, 6.45) is 0. The van der Waals surface area contributed by atoms with Gasteiger partial charge in [-0.2, -0.15) is 0 Å². The molecule has 0 aliphatic heterocycles. The summed E-state index contributed by atoms with van der Waals surface area (Å²) in [7, 11) is 0. The quantitative estimate of drug-likeness (QED) is 0.338. The highest BCUT2D eigenvalue weighted by Crippen LogP contribution is 2.25. The SMILES string of the molecule is Cc1ccc(-c2ccccc2C)cc1.Cc1cccc(-c2ccccc2)c1C. The van der Waals surface area contributed by atoms with E-state index in [1.807, 2.05) is 0 Å². The summed E-state index contributed by atoms with van der Waals surface area (Å²) >= 11 is 0. The predicted molar refractivity (Wildman–Crippen MR) is 123 cm³/mol. The Labute approximate surface area is 169 Å². The summed E-state index contributed by atoms with van der Waals surface area (Å²) < 4.78 is 0. The highest BCUT2D eigenvalue weighted by Gasteiger charge is 2.02. The molecule has 0 heteroatoms. The number of benzene rings is 4. The molecule has 0 heterocycles. The summed E-state index contributed by atoms with van der Waals surface area (Å²) in [5.74, 6) is 0. The van der Waals surface area contributed by atoms with Crippen molar-refractivity contribution in [2.24, 2.45) is 0 Å². The van der Waals surface area contributed by atoms with E-state index in [4.69, 9.17) is 0 Å². The molecule has 28 heavy (non-hydrogen) atoms. The number of aryl methyl sites for hydroxylation is 3. The minimum atomic E-state index is 1.30. The normalized spacial score (nSPS) is 10.1. The average Bonchev–Trinajstić information content (AvgIpc) is 2.72. The molecule has 0 unspecified atom stereocenters. The zero-order chi connectivity index (χ0) is 19.9. The second kappa shape index (κ2) is 9.19. The van der Waals surface area contributed by atoms with E-state index >= 15 is 0 Å². The summed E-state index contributed by atoms with van der Waals surface area (Å²) in [6, 6.07) is 34.1. The van der Waals surface area contributed by atoms with Crippen LogP contribution in [0.25, 0.3) is 22.3 Å². The molecule has 4 aromatic carbocycles. The lowest BCUT2D eigenvalue weighted by Crippen LogP contribution is -1.85. The van der Waals surface area contributed by atoms with Gasteiger partial charge in [0.15, 0.2) is 0 Å². The minimum Gasteiger partial charge on any atom is -0.0622 e. The number of hydrogen-bond acceptors (Lipinski definition) is 0. The van der Waals surface area contributed by atoms with Crippen LogP contribution in [0.5, 0.6) is 0 Å². The molecule has 140 valence electrons. The van der Waals surface area contributed by atoms with E-state index in [0.29, 0.717) is 0 Å². The second-order valence-electron chi connectivity index (χ2n) is 7.29. The maximum absolute atomic E-state index is 2.18. The lowest BCUT2D eigenvalue weighted by Gasteiger charge is -2.07. The van der Waals surface area contributed by atoms with Crippen molar-refractivity contribution in [2.75, 3.05) is 0 Å². The van der Waals surface area contributed by atoms with Crippen LogP contribution in [0.15, 0.2) is 97.1 Å². The largest absolute Gasteiger partial charge is 0.0622 e. The van der Waals surface area contributed by atoms with Crippen molar-refractivity contribution in [2.45, 2.75) is 27.7 Å².